The van der Waals surface area contributed by atoms with Crippen LogP contribution in [0.5, 0.6) is 0 Å². The number of para-hydroxylation sites is 1. The van der Waals surface area contributed by atoms with Gasteiger partial charge in [-0.3, -0.25) is 14.3 Å². The number of fused-ring (bicyclic) bond motifs is 1. The maximum absolute atomic E-state index is 12.5. The maximum Gasteiger partial charge on any atom is 0.256 e. The average Bonchev–Trinajstić information content (AvgIpc) is 3.14. The Kier molecular flexibility index (Phi) is 4.99. The number of nitrogens with one attached hydrogen (secondary N) is 2. The van der Waals surface area contributed by atoms with Crippen LogP contribution >= 0.6 is 0 Å². The minimum atomic E-state index is -0.435. The SMILES string of the molecule is Cc1ccnn1CCC(=O)Nc1ccccc1[C@@H]1NC(=O)c2cccnc2N1C. The van der Waals surface area contributed by atoms with Crippen LogP contribution in [0.3, 0.4) is 0 Å². The molecule has 0 radical (unpaired) electrons. The summed E-state index contributed by atoms with van der Waals surface area (Å²) in [5.41, 5.74) is 2.99. The number of carbonyl (C=O) groups excluding carboxylic acids is 2. The smallest absolute Gasteiger partial charge is 0.256 e. The van der Waals surface area contributed by atoms with E-state index in [0.717, 1.165) is 11.3 Å². The quantitative estimate of drug-likeness (QED) is 0.698. The molecule has 3 heterocycles. The van der Waals surface area contributed by atoms with Gasteiger partial charge in [0.1, 0.15) is 12.0 Å². The van der Waals surface area contributed by atoms with Crippen LogP contribution in [0.15, 0.2) is 54.9 Å². The zero-order valence-corrected chi connectivity index (χ0v) is 16.3. The Morgan fingerprint density at radius 2 is 2.00 bits per heavy atom. The van der Waals surface area contributed by atoms with Crippen molar-refractivity contribution in [1.29, 1.82) is 0 Å². The molecule has 2 N–H and O–H groups in total. The van der Waals surface area contributed by atoms with Crippen LogP contribution in [0.25, 0.3) is 0 Å². The summed E-state index contributed by atoms with van der Waals surface area (Å²) in [6.07, 6.45) is 3.25. The van der Waals surface area contributed by atoms with Gasteiger partial charge < -0.3 is 15.5 Å². The summed E-state index contributed by atoms with van der Waals surface area (Å²) < 4.78 is 1.79. The summed E-state index contributed by atoms with van der Waals surface area (Å²) >= 11 is 0. The lowest BCUT2D eigenvalue weighted by Crippen LogP contribution is -2.45. The molecule has 0 unspecified atom stereocenters. The fourth-order valence-electron chi connectivity index (χ4n) is 3.46. The standard InChI is InChI=1S/C21H22N6O2/c1-14-9-12-23-27(14)13-10-18(28)24-17-8-4-3-6-15(17)20-25-21(29)16-7-5-11-22-19(16)26(20)2/h3-9,11-12,20H,10,13H2,1-2H3,(H,24,28)(H,25,29)/t20-/m1/s1. The first-order chi connectivity index (χ1) is 14.0. The van der Waals surface area contributed by atoms with Gasteiger partial charge >= 0.3 is 0 Å². The normalized spacial score (nSPS) is 15.6. The van der Waals surface area contributed by atoms with E-state index in [-0.39, 0.29) is 11.8 Å². The van der Waals surface area contributed by atoms with Crippen molar-refractivity contribution in [3.8, 4) is 0 Å². The number of hydrogen-bond acceptors (Lipinski definition) is 5. The second-order valence-electron chi connectivity index (χ2n) is 6.94. The van der Waals surface area contributed by atoms with Crippen molar-refractivity contribution in [2.24, 2.45) is 0 Å². The molecule has 0 saturated carbocycles. The van der Waals surface area contributed by atoms with Gasteiger partial charge in [0.05, 0.1) is 5.56 Å². The summed E-state index contributed by atoms with van der Waals surface area (Å²) in [6, 6.07) is 12.8. The van der Waals surface area contributed by atoms with E-state index >= 15 is 0 Å². The highest BCUT2D eigenvalue weighted by Crippen LogP contribution is 2.33. The van der Waals surface area contributed by atoms with Gasteiger partial charge in [-0.25, -0.2) is 4.98 Å². The van der Waals surface area contributed by atoms with E-state index in [2.05, 4.69) is 20.7 Å². The molecule has 0 spiro atoms. The Hall–Kier alpha value is -3.68. The number of aryl methyl sites for hydroxylation is 2. The minimum absolute atomic E-state index is 0.115. The first-order valence-electron chi connectivity index (χ1n) is 9.40. The molecule has 3 aromatic rings. The molecular weight excluding hydrogens is 368 g/mol. The van der Waals surface area contributed by atoms with Gasteiger partial charge in [-0.05, 0) is 31.2 Å². The van der Waals surface area contributed by atoms with Crippen molar-refractivity contribution >= 4 is 23.3 Å². The van der Waals surface area contributed by atoms with Crippen molar-refractivity contribution in [2.45, 2.75) is 26.1 Å². The summed E-state index contributed by atoms with van der Waals surface area (Å²) in [5, 5.41) is 10.2. The second-order valence-corrected chi connectivity index (χ2v) is 6.94. The van der Waals surface area contributed by atoms with Gasteiger partial charge in [0, 0.05) is 49.4 Å². The Balaban J connectivity index is 1.53. The lowest BCUT2D eigenvalue weighted by Gasteiger charge is -2.36. The van der Waals surface area contributed by atoms with Crippen LogP contribution in [0.2, 0.25) is 0 Å². The molecule has 148 valence electrons. The third-order valence-corrected chi connectivity index (χ3v) is 5.03. The van der Waals surface area contributed by atoms with Gasteiger partial charge in [0.25, 0.3) is 5.91 Å². The van der Waals surface area contributed by atoms with Crippen LogP contribution in [-0.4, -0.2) is 33.6 Å². The zero-order valence-electron chi connectivity index (χ0n) is 16.3. The van der Waals surface area contributed by atoms with E-state index in [4.69, 9.17) is 0 Å². The molecule has 1 aromatic carbocycles. The van der Waals surface area contributed by atoms with Crippen molar-refractivity contribution in [3.05, 3.63) is 71.7 Å². The molecule has 29 heavy (non-hydrogen) atoms. The molecule has 0 fully saturated rings. The average molecular weight is 390 g/mol. The van der Waals surface area contributed by atoms with Gasteiger partial charge in [0.15, 0.2) is 0 Å². The number of carbonyl (C=O) groups is 2. The van der Waals surface area contributed by atoms with Crippen molar-refractivity contribution < 1.29 is 9.59 Å². The third-order valence-electron chi connectivity index (χ3n) is 5.03. The Morgan fingerprint density at radius 3 is 2.79 bits per heavy atom. The second kappa shape index (κ2) is 7.75. The maximum atomic E-state index is 12.5. The highest BCUT2D eigenvalue weighted by atomic mass is 16.2. The van der Waals surface area contributed by atoms with Crippen LogP contribution in [0.1, 0.15) is 34.2 Å². The van der Waals surface area contributed by atoms with Gasteiger partial charge in [-0.2, -0.15) is 5.10 Å². The molecule has 2 amide bonds. The van der Waals surface area contributed by atoms with Crippen LogP contribution in [0.4, 0.5) is 11.5 Å². The number of hydrogen-bond donors (Lipinski definition) is 2. The molecule has 8 heteroatoms. The summed E-state index contributed by atoms with van der Waals surface area (Å²) in [6.45, 7) is 2.46. The number of pyridine rings is 1. The van der Waals surface area contributed by atoms with Crippen molar-refractivity contribution in [3.63, 3.8) is 0 Å². The van der Waals surface area contributed by atoms with E-state index in [1.807, 2.05) is 49.2 Å². The Morgan fingerprint density at radius 1 is 1.17 bits per heavy atom. The fourth-order valence-corrected chi connectivity index (χ4v) is 3.46. The van der Waals surface area contributed by atoms with E-state index in [9.17, 15) is 9.59 Å². The van der Waals surface area contributed by atoms with Crippen LogP contribution in [-0.2, 0) is 11.3 Å². The topological polar surface area (TPSA) is 92.2 Å². The number of benzene rings is 1. The lowest BCUT2D eigenvalue weighted by atomic mass is 10.0. The number of aromatic nitrogens is 3. The number of anilines is 2. The summed E-state index contributed by atoms with van der Waals surface area (Å²) in [4.78, 5) is 31.3. The van der Waals surface area contributed by atoms with Gasteiger partial charge in [-0.1, -0.05) is 18.2 Å². The Labute approximate surface area is 168 Å². The predicted octanol–water partition coefficient (Wildman–Crippen LogP) is 2.49. The monoisotopic (exact) mass is 390 g/mol. The molecule has 1 aliphatic heterocycles. The van der Waals surface area contributed by atoms with E-state index < -0.39 is 6.17 Å². The Bertz CT molecular complexity index is 1060. The largest absolute Gasteiger partial charge is 0.335 e. The van der Waals surface area contributed by atoms with Crippen LogP contribution < -0.4 is 15.5 Å². The molecule has 4 rings (SSSR count). The molecule has 8 nitrogen and oxygen atoms in total. The van der Waals surface area contributed by atoms with Gasteiger partial charge in [-0.15, -0.1) is 0 Å². The van der Waals surface area contributed by atoms with E-state index in [1.54, 1.807) is 29.2 Å². The third kappa shape index (κ3) is 3.69. The minimum Gasteiger partial charge on any atom is -0.335 e. The van der Waals surface area contributed by atoms with E-state index in [1.165, 1.54) is 0 Å². The number of nitrogens with zero attached hydrogens (tertiary/aromatic N) is 4. The zero-order chi connectivity index (χ0) is 20.4. The summed E-state index contributed by atoms with van der Waals surface area (Å²) in [5.74, 6) is 0.304. The molecule has 1 atom stereocenters. The number of amides is 2. The molecule has 2 aromatic heterocycles. The fraction of sp³-hybridized carbons (Fsp3) is 0.238. The predicted molar refractivity (Wildman–Crippen MR) is 109 cm³/mol. The first-order valence-corrected chi connectivity index (χ1v) is 9.40. The molecule has 0 saturated heterocycles. The molecular formula is C21H22N6O2. The summed E-state index contributed by atoms with van der Waals surface area (Å²) in [7, 11) is 1.87. The lowest BCUT2D eigenvalue weighted by molar-refractivity contribution is -0.116. The van der Waals surface area contributed by atoms with Gasteiger partial charge in [0.2, 0.25) is 5.91 Å². The first kappa shape index (κ1) is 18.7. The van der Waals surface area contributed by atoms with Crippen molar-refractivity contribution in [2.75, 3.05) is 17.3 Å². The highest BCUT2D eigenvalue weighted by molar-refractivity contribution is 6.01. The molecule has 0 aliphatic carbocycles. The highest BCUT2D eigenvalue weighted by Gasteiger charge is 2.31. The molecule has 1 aliphatic rings. The van der Waals surface area contributed by atoms with E-state index in [0.29, 0.717) is 30.0 Å². The van der Waals surface area contributed by atoms with Crippen molar-refractivity contribution in [1.82, 2.24) is 20.1 Å². The van der Waals surface area contributed by atoms with Crippen LogP contribution in [0, 0.1) is 6.92 Å². The molecule has 0 bridgehead atoms. The number of rotatable bonds is 5.